The van der Waals surface area contributed by atoms with Gasteiger partial charge in [-0.25, -0.2) is 8.42 Å². The Morgan fingerprint density at radius 3 is 2.21 bits per heavy atom. The summed E-state index contributed by atoms with van der Waals surface area (Å²) in [6, 6.07) is 8.71. The van der Waals surface area contributed by atoms with E-state index >= 15 is 0 Å². The fourth-order valence-electron chi connectivity index (χ4n) is 2.64. The summed E-state index contributed by atoms with van der Waals surface area (Å²) in [5.41, 5.74) is 1.78. The number of benzene rings is 2. The van der Waals surface area contributed by atoms with Crippen LogP contribution in [0.5, 0.6) is 17.2 Å². The van der Waals surface area contributed by atoms with Gasteiger partial charge in [0.1, 0.15) is 4.90 Å². The van der Waals surface area contributed by atoms with Crippen LogP contribution in [0.25, 0.3) is 6.08 Å². The number of nitrogens with one attached hydrogen (secondary N) is 1. The van der Waals surface area contributed by atoms with E-state index in [0.717, 1.165) is 0 Å². The summed E-state index contributed by atoms with van der Waals surface area (Å²) in [5, 5.41) is 4.33. The van der Waals surface area contributed by atoms with Gasteiger partial charge in [0, 0.05) is 23.2 Å². The molecule has 3 rings (SSSR count). The molecule has 0 saturated heterocycles. The van der Waals surface area contributed by atoms with E-state index in [1.54, 1.807) is 36.4 Å². The van der Waals surface area contributed by atoms with E-state index < -0.39 is 9.84 Å². The molecule has 2 aromatic carbocycles. The second-order valence-corrected chi connectivity index (χ2v) is 6.88. The van der Waals surface area contributed by atoms with Gasteiger partial charge in [0.2, 0.25) is 15.6 Å². The molecule has 0 saturated carbocycles. The van der Waals surface area contributed by atoms with Crippen molar-refractivity contribution >= 4 is 27.3 Å². The normalized spacial score (nSPS) is 14.1. The zero-order valence-corrected chi connectivity index (χ0v) is 14.3. The molecule has 0 amide bonds. The highest BCUT2D eigenvalue weighted by Gasteiger charge is 2.24. The second kappa shape index (κ2) is 6.09. The van der Waals surface area contributed by atoms with Crippen LogP contribution >= 0.6 is 0 Å². The van der Waals surface area contributed by atoms with Crippen molar-refractivity contribution in [3.05, 3.63) is 41.3 Å². The molecule has 0 unspecified atom stereocenters. The van der Waals surface area contributed by atoms with Crippen LogP contribution in [0.1, 0.15) is 5.56 Å². The SMILES string of the molecule is COc1cc(Nc2cccc3c2S(=O)(=O)C=C3)cc(OC)c1OC. The minimum absolute atomic E-state index is 0.263. The number of methoxy groups -OCH3 is 3. The van der Waals surface area contributed by atoms with Crippen LogP contribution in [0.4, 0.5) is 11.4 Å². The molecule has 1 aliphatic heterocycles. The number of sulfone groups is 1. The third-order valence-electron chi connectivity index (χ3n) is 3.70. The number of anilines is 2. The maximum absolute atomic E-state index is 12.2. The lowest BCUT2D eigenvalue weighted by atomic mass is 10.2. The number of fused-ring (bicyclic) bond motifs is 1. The van der Waals surface area contributed by atoms with E-state index in [1.165, 1.54) is 26.7 Å². The maximum Gasteiger partial charge on any atom is 0.203 e. The van der Waals surface area contributed by atoms with E-state index in [9.17, 15) is 8.42 Å². The molecule has 0 bridgehead atoms. The van der Waals surface area contributed by atoms with Crippen LogP contribution in [-0.4, -0.2) is 29.7 Å². The molecule has 126 valence electrons. The van der Waals surface area contributed by atoms with Crippen molar-refractivity contribution in [2.45, 2.75) is 4.90 Å². The largest absolute Gasteiger partial charge is 0.493 e. The van der Waals surface area contributed by atoms with Crippen LogP contribution in [0.15, 0.2) is 40.6 Å². The molecule has 1 N–H and O–H groups in total. The summed E-state index contributed by atoms with van der Waals surface area (Å²) in [5.74, 6) is 1.43. The lowest BCUT2D eigenvalue weighted by Gasteiger charge is -2.16. The molecular formula is C17H17NO5S. The summed E-state index contributed by atoms with van der Waals surface area (Å²) in [6.07, 6.45) is 1.59. The Morgan fingerprint density at radius 1 is 0.958 bits per heavy atom. The predicted molar refractivity (Wildman–Crippen MR) is 92.0 cm³/mol. The summed E-state index contributed by atoms with van der Waals surface area (Å²) < 4.78 is 40.3. The Kier molecular flexibility index (Phi) is 4.11. The minimum Gasteiger partial charge on any atom is -0.493 e. The highest BCUT2D eigenvalue weighted by Crippen LogP contribution is 2.42. The fourth-order valence-corrected chi connectivity index (χ4v) is 3.99. The van der Waals surface area contributed by atoms with Gasteiger partial charge in [-0.05, 0) is 17.7 Å². The lowest BCUT2D eigenvalue weighted by molar-refractivity contribution is 0.324. The van der Waals surface area contributed by atoms with Crippen LogP contribution < -0.4 is 19.5 Å². The molecule has 0 aliphatic carbocycles. The van der Waals surface area contributed by atoms with Gasteiger partial charge in [-0.1, -0.05) is 12.1 Å². The Balaban J connectivity index is 2.07. The Labute approximate surface area is 140 Å². The highest BCUT2D eigenvalue weighted by molar-refractivity contribution is 7.95. The van der Waals surface area contributed by atoms with Gasteiger partial charge in [0.25, 0.3) is 0 Å². The second-order valence-electron chi connectivity index (χ2n) is 5.11. The van der Waals surface area contributed by atoms with Crippen LogP contribution in [-0.2, 0) is 9.84 Å². The van der Waals surface area contributed by atoms with E-state index in [2.05, 4.69) is 5.32 Å². The Morgan fingerprint density at radius 2 is 1.62 bits per heavy atom. The number of hydrogen-bond donors (Lipinski definition) is 1. The summed E-state index contributed by atoms with van der Waals surface area (Å²) in [6.45, 7) is 0. The van der Waals surface area contributed by atoms with Gasteiger partial charge >= 0.3 is 0 Å². The standard InChI is InChI=1S/C17H17NO5S/c1-21-14-9-12(10-15(22-2)16(14)23-3)18-13-6-4-5-11-7-8-24(19,20)17(11)13/h4-10,18H,1-3H3. The molecule has 6 nitrogen and oxygen atoms in total. The fraction of sp³-hybridized carbons (Fsp3) is 0.176. The molecule has 1 aliphatic rings. The Bertz CT molecular complexity index is 894. The first-order chi connectivity index (χ1) is 11.5. The molecule has 0 radical (unpaired) electrons. The van der Waals surface area contributed by atoms with Crippen LogP contribution in [0, 0.1) is 0 Å². The first kappa shape index (κ1) is 16.2. The van der Waals surface area contributed by atoms with E-state index in [-0.39, 0.29) is 4.90 Å². The zero-order chi connectivity index (χ0) is 17.3. The molecule has 0 fully saturated rings. The summed E-state index contributed by atoms with van der Waals surface area (Å²) >= 11 is 0. The van der Waals surface area contributed by atoms with Crippen molar-refractivity contribution in [2.24, 2.45) is 0 Å². The number of ether oxygens (including phenoxy) is 3. The number of rotatable bonds is 5. The molecule has 24 heavy (non-hydrogen) atoms. The smallest absolute Gasteiger partial charge is 0.203 e. The summed E-state index contributed by atoms with van der Waals surface area (Å²) in [7, 11) is 1.14. The van der Waals surface area contributed by atoms with E-state index in [4.69, 9.17) is 14.2 Å². The molecule has 0 spiro atoms. The first-order valence-corrected chi connectivity index (χ1v) is 8.68. The maximum atomic E-state index is 12.2. The van der Waals surface area contributed by atoms with Crippen LogP contribution in [0.2, 0.25) is 0 Å². The van der Waals surface area contributed by atoms with Gasteiger partial charge in [0.15, 0.2) is 11.5 Å². The topological polar surface area (TPSA) is 73.9 Å². The molecule has 0 atom stereocenters. The van der Waals surface area contributed by atoms with Crippen molar-refractivity contribution in [1.29, 1.82) is 0 Å². The average molecular weight is 347 g/mol. The van der Waals surface area contributed by atoms with Crippen molar-refractivity contribution < 1.29 is 22.6 Å². The molecule has 0 aromatic heterocycles. The molecule has 7 heteroatoms. The van der Waals surface area contributed by atoms with E-state index in [1.807, 2.05) is 0 Å². The first-order valence-electron chi connectivity index (χ1n) is 7.13. The summed E-state index contributed by atoms with van der Waals surface area (Å²) in [4.78, 5) is 0.263. The van der Waals surface area contributed by atoms with Crippen LogP contribution in [0.3, 0.4) is 0 Å². The average Bonchev–Trinajstić information content (AvgIpc) is 2.90. The predicted octanol–water partition coefficient (Wildman–Crippen LogP) is 3.21. The van der Waals surface area contributed by atoms with Gasteiger partial charge in [-0.15, -0.1) is 0 Å². The van der Waals surface area contributed by atoms with Crippen molar-refractivity contribution in [1.82, 2.24) is 0 Å². The molecular weight excluding hydrogens is 330 g/mol. The third-order valence-corrected chi connectivity index (χ3v) is 5.22. The molecule has 1 heterocycles. The zero-order valence-electron chi connectivity index (χ0n) is 13.5. The van der Waals surface area contributed by atoms with Gasteiger partial charge in [-0.3, -0.25) is 0 Å². The van der Waals surface area contributed by atoms with Gasteiger partial charge in [0.05, 0.1) is 27.0 Å². The monoisotopic (exact) mass is 347 g/mol. The Hall–Kier alpha value is -2.67. The van der Waals surface area contributed by atoms with Gasteiger partial charge in [-0.2, -0.15) is 0 Å². The van der Waals surface area contributed by atoms with Gasteiger partial charge < -0.3 is 19.5 Å². The van der Waals surface area contributed by atoms with Crippen molar-refractivity contribution in [3.8, 4) is 17.2 Å². The van der Waals surface area contributed by atoms with Crippen molar-refractivity contribution in [3.63, 3.8) is 0 Å². The highest BCUT2D eigenvalue weighted by atomic mass is 32.2. The van der Waals surface area contributed by atoms with Crippen molar-refractivity contribution in [2.75, 3.05) is 26.6 Å². The third kappa shape index (κ3) is 2.67. The lowest BCUT2D eigenvalue weighted by Crippen LogP contribution is -2.02. The minimum atomic E-state index is -3.43. The van der Waals surface area contributed by atoms with E-state index in [0.29, 0.717) is 34.2 Å². The number of hydrogen-bond acceptors (Lipinski definition) is 6. The quantitative estimate of drug-likeness (QED) is 0.895. The molecule has 2 aromatic rings.